The molecule has 0 bridgehead atoms. The number of ether oxygens (including phenoxy) is 1. The van der Waals surface area contributed by atoms with Crippen LogP contribution in [-0.4, -0.2) is 53.2 Å². The van der Waals surface area contributed by atoms with Crippen LogP contribution < -0.4 is 0 Å². The van der Waals surface area contributed by atoms with E-state index < -0.39 is 10.4 Å². The maximum atomic E-state index is 12.8. The Morgan fingerprint density at radius 2 is 1.65 bits per heavy atom. The predicted octanol–water partition coefficient (Wildman–Crippen LogP) is 2.42. The quantitative estimate of drug-likeness (QED) is 0.774. The van der Waals surface area contributed by atoms with Crippen LogP contribution in [0.3, 0.4) is 0 Å². The highest BCUT2D eigenvalue weighted by Gasteiger charge is 2.53. The number of rotatable bonds is 4. The van der Waals surface area contributed by atoms with Gasteiger partial charge in [0, 0.05) is 25.0 Å². The Morgan fingerprint density at radius 3 is 2.35 bits per heavy atom. The summed E-state index contributed by atoms with van der Waals surface area (Å²) in [4.78, 5) is 2.75. The van der Waals surface area contributed by atoms with Crippen molar-refractivity contribution in [2.75, 3.05) is 39.4 Å². The van der Waals surface area contributed by atoms with Gasteiger partial charge in [-0.15, -0.1) is 4.31 Å². The molecule has 0 N–H and O–H groups in total. The van der Waals surface area contributed by atoms with E-state index in [4.69, 9.17) is 4.74 Å². The zero-order chi connectivity index (χ0) is 18.0. The normalized spacial score (nSPS) is 23.1. The summed E-state index contributed by atoms with van der Waals surface area (Å²) in [6, 6.07) is 19.1. The number of benzene rings is 2. The molecule has 4 rings (SSSR count). The van der Waals surface area contributed by atoms with Gasteiger partial charge in [0.05, 0.1) is 26.3 Å². The Hall–Kier alpha value is -1.57. The molecule has 1 atom stereocenters. The summed E-state index contributed by atoms with van der Waals surface area (Å²) in [6.07, 6.45) is 0. The fourth-order valence-corrected chi connectivity index (χ4v) is 5.55. The minimum atomic E-state index is -3.41. The summed E-state index contributed by atoms with van der Waals surface area (Å²) in [5.74, 6) is 0. The third-order valence-corrected chi connectivity index (χ3v) is 6.98. The standard InChI is InChI=1S/C20H24N2O3S/c23-26(24,19-9-5-2-6-10-19)22-15-20(16-22)14-21(11-12-25-17-20)13-18-7-3-1-4-8-18/h1-10H,11-17H2. The fraction of sp³-hybridized carbons (Fsp3) is 0.400. The summed E-state index contributed by atoms with van der Waals surface area (Å²) < 4.78 is 32.9. The van der Waals surface area contributed by atoms with E-state index in [1.807, 2.05) is 12.1 Å². The van der Waals surface area contributed by atoms with Crippen molar-refractivity contribution in [3.05, 3.63) is 66.2 Å². The second kappa shape index (κ2) is 7.21. The molecule has 0 aromatic heterocycles. The molecule has 2 aromatic rings. The van der Waals surface area contributed by atoms with E-state index in [9.17, 15) is 8.76 Å². The Labute approximate surface area is 156 Å². The first-order chi connectivity index (χ1) is 12.6. The molecule has 2 fully saturated rings. The van der Waals surface area contributed by atoms with Crippen molar-refractivity contribution in [2.24, 2.45) is 5.41 Å². The van der Waals surface area contributed by atoms with Crippen LogP contribution in [0.5, 0.6) is 0 Å². The van der Waals surface area contributed by atoms with Crippen molar-refractivity contribution in [1.82, 2.24) is 9.21 Å². The molecule has 2 aliphatic rings. The second-order valence-electron chi connectivity index (χ2n) is 7.33. The van der Waals surface area contributed by atoms with Crippen LogP contribution in [0.25, 0.3) is 0 Å². The van der Waals surface area contributed by atoms with Crippen molar-refractivity contribution >= 4 is 10.4 Å². The van der Waals surface area contributed by atoms with Crippen LogP contribution in [0.2, 0.25) is 0 Å². The summed E-state index contributed by atoms with van der Waals surface area (Å²) in [5, 5.41) is 0. The van der Waals surface area contributed by atoms with Crippen LogP contribution in [0, 0.1) is 5.41 Å². The molecule has 0 aliphatic carbocycles. The van der Waals surface area contributed by atoms with Crippen LogP contribution in [0.4, 0.5) is 0 Å². The molecule has 2 saturated heterocycles. The highest BCUT2D eigenvalue weighted by atomic mass is 32.3. The lowest BCUT2D eigenvalue weighted by atomic mass is 9.82. The summed E-state index contributed by atoms with van der Waals surface area (Å²) in [6.45, 7) is 4.98. The van der Waals surface area contributed by atoms with Gasteiger partial charge in [-0.25, -0.2) is 0 Å². The minimum absolute atomic E-state index is 0.104. The lowest BCUT2D eigenvalue weighted by Crippen LogP contribution is -2.64. The molecule has 2 heterocycles. The molecule has 1 unspecified atom stereocenters. The van der Waals surface area contributed by atoms with Crippen molar-refractivity contribution < 1.29 is 13.5 Å². The van der Waals surface area contributed by atoms with Crippen molar-refractivity contribution in [3.63, 3.8) is 0 Å². The van der Waals surface area contributed by atoms with Gasteiger partial charge in [0.2, 0.25) is 0 Å². The number of hydrogen-bond donors (Lipinski definition) is 0. The first-order valence-electron chi connectivity index (χ1n) is 8.97. The van der Waals surface area contributed by atoms with Gasteiger partial charge in [0.15, 0.2) is 15.3 Å². The Morgan fingerprint density at radius 1 is 1.00 bits per heavy atom. The molecule has 0 radical (unpaired) electrons. The average molecular weight is 372 g/mol. The molecule has 6 heteroatoms. The lowest BCUT2D eigenvalue weighted by molar-refractivity contribution is -0.0207. The Bertz CT molecular complexity index is 778. The zero-order valence-corrected chi connectivity index (χ0v) is 15.6. The fourth-order valence-electron chi connectivity index (χ4n) is 3.86. The first kappa shape index (κ1) is 17.8. The van der Waals surface area contributed by atoms with E-state index in [2.05, 4.69) is 29.2 Å². The van der Waals surface area contributed by atoms with Gasteiger partial charge in [0.1, 0.15) is 0 Å². The molecular formula is C20H24N2O3S. The molecule has 5 nitrogen and oxygen atoms in total. The molecule has 138 valence electrons. The summed E-state index contributed by atoms with van der Waals surface area (Å²) in [5.41, 5.74) is 1.17. The number of hydrogen-bond acceptors (Lipinski definition) is 4. The molecular weight excluding hydrogens is 348 g/mol. The monoisotopic (exact) mass is 372 g/mol. The van der Waals surface area contributed by atoms with Crippen molar-refractivity contribution in [2.45, 2.75) is 11.4 Å². The van der Waals surface area contributed by atoms with Crippen LogP contribution >= 0.6 is 0 Å². The maximum absolute atomic E-state index is 12.8. The highest BCUT2D eigenvalue weighted by molar-refractivity contribution is 7.95. The van der Waals surface area contributed by atoms with E-state index >= 15 is 0 Å². The number of nitrogens with zero attached hydrogens (tertiary/aromatic N) is 2. The second-order valence-corrected chi connectivity index (χ2v) is 9.27. The first-order valence-corrected chi connectivity index (χ1v) is 10.4. The van der Waals surface area contributed by atoms with Crippen LogP contribution in [0.15, 0.2) is 65.6 Å². The molecule has 1 spiro atoms. The smallest absolute Gasteiger partial charge is 0.175 e. The Balaban J connectivity index is 1.44. The third kappa shape index (κ3) is 3.61. The van der Waals surface area contributed by atoms with E-state index in [-0.39, 0.29) is 5.41 Å². The maximum Gasteiger partial charge on any atom is 0.175 e. The summed E-state index contributed by atoms with van der Waals surface area (Å²) in [7, 11) is -3.41. The van der Waals surface area contributed by atoms with E-state index in [0.717, 1.165) is 19.6 Å². The zero-order valence-electron chi connectivity index (χ0n) is 14.8. The third-order valence-electron chi connectivity index (χ3n) is 5.17. The van der Waals surface area contributed by atoms with E-state index in [1.165, 1.54) is 5.56 Å². The van der Waals surface area contributed by atoms with Crippen LogP contribution in [-0.2, 0) is 25.9 Å². The van der Waals surface area contributed by atoms with Gasteiger partial charge in [-0.2, -0.15) is 0 Å². The lowest BCUT2D eigenvalue weighted by Gasteiger charge is -2.49. The molecule has 2 aliphatic heterocycles. The van der Waals surface area contributed by atoms with Gasteiger partial charge in [-0.05, 0) is 17.7 Å². The van der Waals surface area contributed by atoms with Crippen LogP contribution in [0.1, 0.15) is 5.56 Å². The van der Waals surface area contributed by atoms with Gasteiger partial charge < -0.3 is 9.29 Å². The Kier molecular flexibility index (Phi) is 4.94. The van der Waals surface area contributed by atoms with Gasteiger partial charge >= 0.3 is 0 Å². The van der Waals surface area contributed by atoms with Crippen molar-refractivity contribution in [3.8, 4) is 0 Å². The summed E-state index contributed by atoms with van der Waals surface area (Å²) >= 11 is 0. The van der Waals surface area contributed by atoms with Crippen molar-refractivity contribution in [1.29, 1.82) is 0 Å². The molecule has 2 aromatic carbocycles. The molecule has 0 amide bonds. The van der Waals surface area contributed by atoms with E-state index in [0.29, 0.717) is 31.2 Å². The van der Waals surface area contributed by atoms with Gasteiger partial charge in [0.25, 0.3) is 0 Å². The highest BCUT2D eigenvalue weighted by Crippen LogP contribution is 2.39. The van der Waals surface area contributed by atoms with Gasteiger partial charge in [-0.1, -0.05) is 52.7 Å². The minimum Gasteiger partial charge on any atom is -0.593 e. The SMILES string of the molecule is O=[S+]([O-])(c1ccccc1)N1CC2(COCCN(Cc3ccccc3)C2)C1. The average Bonchev–Trinajstić information content (AvgIpc) is 2.85. The molecule has 0 saturated carbocycles. The van der Waals surface area contributed by atoms with E-state index in [1.54, 1.807) is 28.6 Å². The topological polar surface area (TPSA) is 55.8 Å². The largest absolute Gasteiger partial charge is 0.593 e. The number of sulfonamides is 1. The van der Waals surface area contributed by atoms with Gasteiger partial charge in [-0.3, -0.25) is 4.90 Å². The molecule has 26 heavy (non-hydrogen) atoms. The predicted molar refractivity (Wildman–Crippen MR) is 100 cm³/mol.